The quantitative estimate of drug-likeness (QED) is 0.940. The fourth-order valence-electron chi connectivity index (χ4n) is 1.81. The first-order chi connectivity index (χ1) is 9.47. The summed E-state index contributed by atoms with van der Waals surface area (Å²) in [5, 5.41) is 10.4. The lowest BCUT2D eigenvalue weighted by Crippen LogP contribution is -2.31. The van der Waals surface area contributed by atoms with Gasteiger partial charge in [-0.15, -0.1) is 10.2 Å². The Hall–Kier alpha value is -1.53. The molecule has 0 saturated heterocycles. The molecule has 106 valence electrons. The molecule has 7 heteroatoms. The maximum absolute atomic E-state index is 13.0. The van der Waals surface area contributed by atoms with Crippen LogP contribution in [0.3, 0.4) is 0 Å². The number of nitrogens with one attached hydrogen (secondary N) is 1. The molecular weight excluding hydrogens is 301 g/mol. The molecule has 1 unspecified atom stereocenters. The van der Waals surface area contributed by atoms with E-state index in [2.05, 4.69) is 15.5 Å². The second-order valence-electron chi connectivity index (χ2n) is 4.61. The van der Waals surface area contributed by atoms with Gasteiger partial charge in [-0.3, -0.25) is 4.79 Å². The zero-order valence-corrected chi connectivity index (χ0v) is 12.5. The number of amides is 1. The first-order valence-corrected chi connectivity index (χ1v) is 7.22. The van der Waals surface area contributed by atoms with Crippen molar-refractivity contribution in [3.05, 3.63) is 45.1 Å². The summed E-state index contributed by atoms with van der Waals surface area (Å²) in [6.45, 7) is 3.95. The van der Waals surface area contributed by atoms with E-state index in [-0.39, 0.29) is 33.2 Å². The number of hydrogen-bond acceptors (Lipinski definition) is 4. The van der Waals surface area contributed by atoms with Crippen LogP contribution in [0.2, 0.25) is 4.47 Å². The van der Waals surface area contributed by atoms with Crippen LogP contribution < -0.4 is 5.32 Å². The van der Waals surface area contributed by atoms with Crippen LogP contribution >= 0.6 is 22.9 Å². The molecule has 0 saturated carbocycles. The summed E-state index contributed by atoms with van der Waals surface area (Å²) in [6, 6.07) is 5.84. The smallest absolute Gasteiger partial charge is 0.282 e. The van der Waals surface area contributed by atoms with E-state index in [9.17, 15) is 9.18 Å². The summed E-state index contributed by atoms with van der Waals surface area (Å²) in [5.74, 6) is -0.497. The Kier molecular flexibility index (Phi) is 4.67. The van der Waals surface area contributed by atoms with Gasteiger partial charge >= 0.3 is 0 Å². The van der Waals surface area contributed by atoms with Crippen molar-refractivity contribution in [1.29, 1.82) is 0 Å². The Morgan fingerprint density at radius 1 is 1.30 bits per heavy atom. The third-order valence-corrected chi connectivity index (χ3v) is 3.79. The average Bonchev–Trinajstić information content (AvgIpc) is 2.83. The fourth-order valence-corrected chi connectivity index (χ4v) is 2.54. The molecule has 0 aliphatic heterocycles. The molecule has 1 heterocycles. The molecule has 0 bridgehead atoms. The fraction of sp³-hybridized carbons (Fsp3) is 0.308. The summed E-state index contributed by atoms with van der Waals surface area (Å²) in [7, 11) is 0. The van der Waals surface area contributed by atoms with Crippen LogP contribution in [0.5, 0.6) is 0 Å². The van der Waals surface area contributed by atoms with E-state index in [0.29, 0.717) is 0 Å². The van der Waals surface area contributed by atoms with Crippen molar-refractivity contribution in [1.82, 2.24) is 15.5 Å². The van der Waals surface area contributed by atoms with Crippen molar-refractivity contribution in [2.45, 2.75) is 19.9 Å². The minimum absolute atomic E-state index is 0.146. The lowest BCUT2D eigenvalue weighted by molar-refractivity contribution is 0.0924. The molecule has 2 aromatic rings. The van der Waals surface area contributed by atoms with Gasteiger partial charge in [0, 0.05) is 0 Å². The van der Waals surface area contributed by atoms with Gasteiger partial charge in [0.15, 0.2) is 0 Å². The van der Waals surface area contributed by atoms with Crippen molar-refractivity contribution in [2.75, 3.05) is 0 Å². The van der Waals surface area contributed by atoms with E-state index in [1.54, 1.807) is 12.1 Å². The second kappa shape index (κ2) is 6.28. The number of benzene rings is 1. The molecule has 0 spiro atoms. The minimum Gasteiger partial charge on any atom is -0.343 e. The summed E-state index contributed by atoms with van der Waals surface area (Å²) < 4.78 is 13.2. The highest BCUT2D eigenvalue weighted by Gasteiger charge is 2.21. The molecular formula is C13H13ClFN3OS. The van der Waals surface area contributed by atoms with E-state index in [4.69, 9.17) is 11.6 Å². The Morgan fingerprint density at radius 2 is 1.95 bits per heavy atom. The number of aromatic nitrogens is 2. The number of rotatable bonds is 4. The molecule has 1 atom stereocenters. The van der Waals surface area contributed by atoms with Crippen molar-refractivity contribution in [3.8, 4) is 0 Å². The van der Waals surface area contributed by atoms with E-state index in [1.165, 1.54) is 12.1 Å². The summed E-state index contributed by atoms with van der Waals surface area (Å²) in [6.07, 6.45) is 0. The Labute approximate surface area is 125 Å². The lowest BCUT2D eigenvalue weighted by Gasteiger charge is -2.22. The van der Waals surface area contributed by atoms with Gasteiger partial charge in [-0.2, -0.15) is 0 Å². The predicted molar refractivity (Wildman–Crippen MR) is 76.4 cm³/mol. The normalized spacial score (nSPS) is 12.4. The van der Waals surface area contributed by atoms with Crippen molar-refractivity contribution >= 4 is 28.8 Å². The van der Waals surface area contributed by atoms with Crippen LogP contribution in [0.1, 0.15) is 35.3 Å². The second-order valence-corrected chi connectivity index (χ2v) is 6.17. The summed E-state index contributed by atoms with van der Waals surface area (Å²) in [5.41, 5.74) is 0.838. The van der Waals surface area contributed by atoms with Gasteiger partial charge in [-0.1, -0.05) is 37.3 Å². The highest BCUT2D eigenvalue weighted by Crippen LogP contribution is 2.23. The molecule has 1 aromatic heterocycles. The molecule has 1 N–H and O–H groups in total. The highest BCUT2D eigenvalue weighted by atomic mass is 35.5. The van der Waals surface area contributed by atoms with Crippen LogP contribution in [0, 0.1) is 11.7 Å². The van der Waals surface area contributed by atoms with Gasteiger partial charge in [0.05, 0.1) is 6.04 Å². The van der Waals surface area contributed by atoms with Crippen LogP contribution in [0.15, 0.2) is 24.3 Å². The maximum atomic E-state index is 13.0. The van der Waals surface area contributed by atoms with Crippen molar-refractivity contribution in [3.63, 3.8) is 0 Å². The van der Waals surface area contributed by atoms with Gasteiger partial charge in [0.1, 0.15) is 5.82 Å². The molecule has 1 aromatic carbocycles. The van der Waals surface area contributed by atoms with E-state index in [0.717, 1.165) is 16.9 Å². The van der Waals surface area contributed by atoms with Gasteiger partial charge in [0.2, 0.25) is 9.47 Å². The molecule has 0 aliphatic carbocycles. The molecule has 4 nitrogen and oxygen atoms in total. The molecule has 0 radical (unpaired) electrons. The van der Waals surface area contributed by atoms with Gasteiger partial charge in [-0.05, 0) is 35.2 Å². The van der Waals surface area contributed by atoms with E-state index < -0.39 is 0 Å². The average molecular weight is 314 g/mol. The first kappa shape index (κ1) is 14.9. The summed E-state index contributed by atoms with van der Waals surface area (Å²) in [4.78, 5) is 12.1. The Morgan fingerprint density at radius 3 is 2.45 bits per heavy atom. The molecule has 0 aliphatic rings. The first-order valence-electron chi connectivity index (χ1n) is 6.02. The van der Waals surface area contributed by atoms with Crippen molar-refractivity contribution < 1.29 is 9.18 Å². The van der Waals surface area contributed by atoms with E-state index >= 15 is 0 Å². The predicted octanol–water partition coefficient (Wildman–Crippen LogP) is 3.46. The largest absolute Gasteiger partial charge is 0.343 e. The highest BCUT2D eigenvalue weighted by molar-refractivity contribution is 7.17. The number of halogens is 2. The van der Waals surface area contributed by atoms with Crippen molar-refractivity contribution in [2.24, 2.45) is 5.92 Å². The number of hydrogen-bond donors (Lipinski definition) is 1. The third-order valence-electron chi connectivity index (χ3n) is 2.78. The Bertz CT molecular complexity index is 600. The van der Waals surface area contributed by atoms with E-state index in [1.807, 2.05) is 13.8 Å². The van der Waals surface area contributed by atoms with Crippen LogP contribution in [-0.4, -0.2) is 16.1 Å². The standard InChI is InChI=1S/C13H13ClFN3OS/c1-7(2)10(8-3-5-9(15)6-4-8)16-11(19)12-17-18-13(14)20-12/h3-7,10H,1-2H3,(H,16,19). The maximum Gasteiger partial charge on any atom is 0.282 e. The topological polar surface area (TPSA) is 54.9 Å². The zero-order chi connectivity index (χ0) is 14.7. The molecule has 20 heavy (non-hydrogen) atoms. The Balaban J connectivity index is 2.17. The molecule has 2 rings (SSSR count). The number of carbonyl (C=O) groups excluding carboxylic acids is 1. The number of carbonyl (C=O) groups is 1. The lowest BCUT2D eigenvalue weighted by atomic mass is 9.96. The van der Waals surface area contributed by atoms with Gasteiger partial charge in [0.25, 0.3) is 5.91 Å². The molecule has 0 fully saturated rings. The monoisotopic (exact) mass is 313 g/mol. The number of nitrogens with zero attached hydrogens (tertiary/aromatic N) is 2. The molecule has 1 amide bonds. The van der Waals surface area contributed by atoms with Gasteiger partial charge < -0.3 is 5.32 Å². The minimum atomic E-state index is -0.336. The zero-order valence-electron chi connectivity index (χ0n) is 10.9. The van der Waals surface area contributed by atoms with Gasteiger partial charge in [-0.25, -0.2) is 4.39 Å². The SMILES string of the molecule is CC(C)C(NC(=O)c1nnc(Cl)s1)c1ccc(F)cc1. The third kappa shape index (κ3) is 3.52. The summed E-state index contributed by atoms with van der Waals surface area (Å²) >= 11 is 6.68. The van der Waals surface area contributed by atoms with Crippen LogP contribution in [-0.2, 0) is 0 Å². The van der Waals surface area contributed by atoms with Crippen LogP contribution in [0.4, 0.5) is 4.39 Å². The van der Waals surface area contributed by atoms with Crippen LogP contribution in [0.25, 0.3) is 0 Å².